The van der Waals surface area contributed by atoms with Crippen molar-refractivity contribution in [2.45, 2.75) is 31.7 Å². The van der Waals surface area contributed by atoms with Gasteiger partial charge in [0, 0.05) is 24.9 Å². The van der Waals surface area contributed by atoms with E-state index in [1.54, 1.807) is 13.1 Å². The number of hydrogen-bond acceptors (Lipinski definition) is 5. The average molecular weight is 288 g/mol. The molecule has 0 radical (unpaired) electrons. The van der Waals surface area contributed by atoms with E-state index < -0.39 is 11.9 Å². The average Bonchev–Trinajstić information content (AvgIpc) is 2.83. The highest BCUT2D eigenvalue weighted by atomic mass is 16.5. The molecule has 1 aliphatic carbocycles. The lowest BCUT2D eigenvalue weighted by Crippen LogP contribution is -2.54. The van der Waals surface area contributed by atoms with E-state index in [2.05, 4.69) is 16.0 Å². The van der Waals surface area contributed by atoms with Crippen LogP contribution in [0.5, 0.6) is 0 Å². The predicted molar refractivity (Wildman–Crippen MR) is 76.6 cm³/mol. The predicted octanol–water partition coefficient (Wildman–Crippen LogP) is 1.31. The molecule has 1 aromatic rings. The van der Waals surface area contributed by atoms with Crippen molar-refractivity contribution in [1.82, 2.24) is 9.88 Å². The van der Waals surface area contributed by atoms with Gasteiger partial charge in [-0.15, -0.1) is 0 Å². The number of carbonyl (C=O) groups excluding carboxylic acids is 2. The molecular weight excluding hydrogens is 268 g/mol. The number of carbonyl (C=O) groups is 2. The molecule has 2 unspecified atom stereocenters. The zero-order valence-electron chi connectivity index (χ0n) is 12.5. The number of pyridine rings is 1. The van der Waals surface area contributed by atoms with E-state index >= 15 is 0 Å². The standard InChI is InChI=1S/C16H20N2O3/c1-3-21-15(20)11-10-18(2)16(9-14(11)19)7-6-13-12(16)5-4-8-17-13/h4-5,8,11H,3,6-7,9-10H2,1-2H3. The van der Waals surface area contributed by atoms with Gasteiger partial charge in [-0.1, -0.05) is 6.07 Å². The monoisotopic (exact) mass is 288 g/mol. The molecule has 0 aromatic carbocycles. The molecule has 3 rings (SSSR count). The maximum absolute atomic E-state index is 12.5. The van der Waals surface area contributed by atoms with Crippen LogP contribution in [0.25, 0.3) is 0 Å². The summed E-state index contributed by atoms with van der Waals surface area (Å²) in [7, 11) is 1.99. The molecule has 0 saturated carbocycles. The first-order chi connectivity index (χ1) is 10.1. The Balaban J connectivity index is 1.89. The molecule has 2 aliphatic rings. The Morgan fingerprint density at radius 1 is 1.57 bits per heavy atom. The number of ketones is 1. The SMILES string of the molecule is CCOC(=O)C1CN(C)C2(CCc3ncccc32)CC1=O. The van der Waals surface area contributed by atoms with Crippen molar-refractivity contribution in [3.05, 3.63) is 29.6 Å². The first-order valence-electron chi connectivity index (χ1n) is 7.43. The highest BCUT2D eigenvalue weighted by molar-refractivity contribution is 6.00. The van der Waals surface area contributed by atoms with E-state index in [-0.39, 0.29) is 11.3 Å². The van der Waals surface area contributed by atoms with Gasteiger partial charge in [0.2, 0.25) is 0 Å². The topological polar surface area (TPSA) is 59.5 Å². The van der Waals surface area contributed by atoms with Crippen molar-refractivity contribution in [3.63, 3.8) is 0 Å². The Bertz CT molecular complexity index is 587. The fraction of sp³-hybridized carbons (Fsp3) is 0.562. The molecule has 5 heteroatoms. The van der Waals surface area contributed by atoms with Crippen LogP contribution in [0.15, 0.2) is 18.3 Å². The summed E-state index contributed by atoms with van der Waals surface area (Å²) in [4.78, 5) is 31.0. The molecule has 1 fully saturated rings. The number of rotatable bonds is 2. The second-order valence-corrected chi connectivity index (χ2v) is 5.86. The summed E-state index contributed by atoms with van der Waals surface area (Å²) in [5.74, 6) is -1.06. The van der Waals surface area contributed by atoms with Crippen LogP contribution in [0, 0.1) is 5.92 Å². The lowest BCUT2D eigenvalue weighted by atomic mass is 9.78. The maximum Gasteiger partial charge on any atom is 0.317 e. The van der Waals surface area contributed by atoms with E-state index in [4.69, 9.17) is 4.74 Å². The lowest BCUT2D eigenvalue weighted by Gasteiger charge is -2.44. The highest BCUT2D eigenvalue weighted by Crippen LogP contribution is 2.46. The molecule has 1 spiro atoms. The number of fused-ring (bicyclic) bond motifs is 2. The number of aromatic nitrogens is 1. The Hall–Kier alpha value is -1.75. The smallest absolute Gasteiger partial charge is 0.317 e. The minimum Gasteiger partial charge on any atom is -0.465 e. The largest absolute Gasteiger partial charge is 0.465 e. The van der Waals surface area contributed by atoms with Crippen LogP contribution in [0.2, 0.25) is 0 Å². The second-order valence-electron chi connectivity index (χ2n) is 5.86. The van der Waals surface area contributed by atoms with Crippen LogP contribution in [0.1, 0.15) is 31.0 Å². The molecule has 112 valence electrons. The van der Waals surface area contributed by atoms with Gasteiger partial charge in [0.1, 0.15) is 5.92 Å². The van der Waals surface area contributed by atoms with Gasteiger partial charge in [-0.25, -0.2) is 0 Å². The van der Waals surface area contributed by atoms with Crippen molar-refractivity contribution in [1.29, 1.82) is 0 Å². The van der Waals surface area contributed by atoms with Crippen molar-refractivity contribution >= 4 is 11.8 Å². The molecule has 0 amide bonds. The Morgan fingerprint density at radius 2 is 2.38 bits per heavy atom. The molecular formula is C16H20N2O3. The minimum absolute atomic E-state index is 0.0109. The normalized spacial score (nSPS) is 28.7. The third-order valence-corrected chi connectivity index (χ3v) is 4.78. The zero-order valence-corrected chi connectivity index (χ0v) is 12.5. The van der Waals surface area contributed by atoms with Gasteiger partial charge in [0.25, 0.3) is 0 Å². The maximum atomic E-state index is 12.5. The van der Waals surface area contributed by atoms with Gasteiger partial charge >= 0.3 is 5.97 Å². The Morgan fingerprint density at radius 3 is 3.14 bits per heavy atom. The van der Waals surface area contributed by atoms with Gasteiger partial charge in [-0.3, -0.25) is 19.5 Å². The first kappa shape index (κ1) is 14.2. The van der Waals surface area contributed by atoms with Crippen LogP contribution in [-0.2, 0) is 26.3 Å². The van der Waals surface area contributed by atoms with Crippen LogP contribution < -0.4 is 0 Å². The number of piperidine rings is 1. The van der Waals surface area contributed by atoms with Gasteiger partial charge in [0.15, 0.2) is 5.78 Å². The number of aryl methyl sites for hydroxylation is 1. The molecule has 1 aromatic heterocycles. The summed E-state index contributed by atoms with van der Waals surface area (Å²) < 4.78 is 5.02. The highest BCUT2D eigenvalue weighted by Gasteiger charge is 2.50. The van der Waals surface area contributed by atoms with Crippen molar-refractivity contribution < 1.29 is 14.3 Å². The van der Waals surface area contributed by atoms with Crippen molar-refractivity contribution in [2.75, 3.05) is 20.2 Å². The second kappa shape index (κ2) is 5.22. The van der Waals surface area contributed by atoms with E-state index in [0.29, 0.717) is 19.6 Å². The third-order valence-electron chi connectivity index (χ3n) is 4.78. The fourth-order valence-corrected chi connectivity index (χ4v) is 3.65. The van der Waals surface area contributed by atoms with Crippen LogP contribution in [0.4, 0.5) is 0 Å². The number of hydrogen-bond donors (Lipinski definition) is 0. The Kier molecular flexibility index (Phi) is 3.53. The first-order valence-corrected chi connectivity index (χ1v) is 7.43. The number of esters is 1. The van der Waals surface area contributed by atoms with E-state index in [1.807, 2.05) is 13.1 Å². The summed E-state index contributed by atoms with van der Waals surface area (Å²) >= 11 is 0. The summed E-state index contributed by atoms with van der Waals surface area (Å²) in [6.07, 6.45) is 3.94. The number of Topliss-reactive ketones (excluding diaryl/α,β-unsaturated/α-hetero) is 1. The lowest BCUT2D eigenvalue weighted by molar-refractivity contribution is -0.156. The zero-order chi connectivity index (χ0) is 15.0. The van der Waals surface area contributed by atoms with E-state index in [1.165, 1.54) is 0 Å². The van der Waals surface area contributed by atoms with Gasteiger partial charge < -0.3 is 4.74 Å². The number of nitrogens with zero attached hydrogens (tertiary/aromatic N) is 2. The Labute approximate surface area is 124 Å². The fourth-order valence-electron chi connectivity index (χ4n) is 3.65. The summed E-state index contributed by atoms with van der Waals surface area (Å²) in [6, 6.07) is 3.98. The molecule has 1 saturated heterocycles. The van der Waals surface area contributed by atoms with Crippen LogP contribution >= 0.6 is 0 Å². The van der Waals surface area contributed by atoms with Crippen LogP contribution in [0.3, 0.4) is 0 Å². The summed E-state index contributed by atoms with van der Waals surface area (Å²) in [5.41, 5.74) is 1.93. The molecule has 0 bridgehead atoms. The molecule has 2 heterocycles. The molecule has 0 N–H and O–H groups in total. The van der Waals surface area contributed by atoms with Gasteiger partial charge in [-0.05, 0) is 38.4 Å². The molecule has 2 atom stereocenters. The quantitative estimate of drug-likeness (QED) is 0.606. The molecule has 21 heavy (non-hydrogen) atoms. The third kappa shape index (κ3) is 2.16. The van der Waals surface area contributed by atoms with Crippen LogP contribution in [-0.4, -0.2) is 41.8 Å². The summed E-state index contributed by atoms with van der Waals surface area (Å²) in [5, 5.41) is 0. The van der Waals surface area contributed by atoms with Gasteiger partial charge in [0.05, 0.1) is 12.1 Å². The van der Waals surface area contributed by atoms with Crippen molar-refractivity contribution in [3.8, 4) is 0 Å². The van der Waals surface area contributed by atoms with E-state index in [9.17, 15) is 9.59 Å². The molecule has 5 nitrogen and oxygen atoms in total. The van der Waals surface area contributed by atoms with Crippen molar-refractivity contribution in [2.24, 2.45) is 5.92 Å². The minimum atomic E-state index is -0.652. The summed E-state index contributed by atoms with van der Waals surface area (Å²) in [6.45, 7) is 2.49. The van der Waals surface area contributed by atoms with Gasteiger partial charge in [-0.2, -0.15) is 0 Å². The molecule has 1 aliphatic heterocycles. The number of ether oxygens (including phenoxy) is 1. The number of likely N-dealkylation sites (tertiary alicyclic amines) is 1. The van der Waals surface area contributed by atoms with E-state index in [0.717, 1.165) is 24.1 Å².